The average Bonchev–Trinajstić information content (AvgIpc) is 3.77. The van der Waals surface area contributed by atoms with Gasteiger partial charge in [-0.25, -0.2) is 0 Å². The van der Waals surface area contributed by atoms with Crippen molar-refractivity contribution in [2.24, 2.45) is 0 Å². The Labute approximate surface area is 287 Å². The lowest BCUT2D eigenvalue weighted by Gasteiger charge is -2.16. The molecule has 4 aromatic carbocycles. The summed E-state index contributed by atoms with van der Waals surface area (Å²) in [5, 5.41) is 11.7. The number of anilines is 2. The fourth-order valence-electron chi connectivity index (χ4n) is 4.86. The van der Waals surface area contributed by atoms with Gasteiger partial charge in [0, 0.05) is 33.9 Å². The maximum atomic E-state index is 13.6. The highest BCUT2D eigenvalue weighted by Crippen LogP contribution is 2.37. The van der Waals surface area contributed by atoms with Crippen LogP contribution < -0.4 is 16.0 Å². The molecule has 2 heterocycles. The third-order valence-electron chi connectivity index (χ3n) is 7.36. The molecular formula is C39H32N4O5S. The van der Waals surface area contributed by atoms with Crippen LogP contribution in [0.2, 0.25) is 0 Å². The van der Waals surface area contributed by atoms with Crippen LogP contribution >= 0.6 is 11.8 Å². The first kappa shape index (κ1) is 32.8. The standard InChI is InChI=1S/C39H32N4O5S/c1-25-13-15-27(16-14-25)34-22-19-31(47-34)24-33(41-37(44)29-11-7-4-8-12-29)38(45)40-30-17-20-32(21-18-30)49-36(28-9-5-3-6-10-28)39(46)42-35-23-26(2)48-43-35/h3-24,36H,1-2H3,(H,40,45)(H,41,44)(H,42,43,46). The third kappa shape index (κ3) is 8.62. The number of hydrogen-bond acceptors (Lipinski definition) is 7. The van der Waals surface area contributed by atoms with Crippen molar-refractivity contribution in [3.8, 4) is 11.3 Å². The number of nitrogens with zero attached hydrogens (tertiary/aromatic N) is 1. The molecule has 0 aliphatic rings. The first-order valence-corrected chi connectivity index (χ1v) is 16.3. The minimum atomic E-state index is -0.584. The summed E-state index contributed by atoms with van der Waals surface area (Å²) in [5.41, 5.74) is 3.73. The van der Waals surface area contributed by atoms with Gasteiger partial charge in [0.25, 0.3) is 11.8 Å². The first-order valence-electron chi connectivity index (χ1n) is 15.4. The molecule has 0 saturated carbocycles. The number of nitrogens with one attached hydrogen (secondary N) is 3. The Balaban J connectivity index is 1.20. The second kappa shape index (κ2) is 15.2. The maximum absolute atomic E-state index is 13.6. The molecule has 1 atom stereocenters. The normalized spacial score (nSPS) is 11.8. The molecule has 3 amide bonds. The van der Waals surface area contributed by atoms with Crippen LogP contribution in [0.25, 0.3) is 17.4 Å². The molecule has 0 saturated heterocycles. The van der Waals surface area contributed by atoms with Crippen molar-refractivity contribution in [3.63, 3.8) is 0 Å². The van der Waals surface area contributed by atoms with Crippen LogP contribution in [0.15, 0.2) is 147 Å². The molecule has 2 aromatic heterocycles. The van der Waals surface area contributed by atoms with E-state index in [2.05, 4.69) is 21.1 Å². The van der Waals surface area contributed by atoms with Crippen molar-refractivity contribution in [1.82, 2.24) is 10.5 Å². The molecule has 0 spiro atoms. The predicted molar refractivity (Wildman–Crippen MR) is 191 cm³/mol. The number of amides is 3. The Morgan fingerprint density at radius 2 is 1.47 bits per heavy atom. The zero-order chi connectivity index (χ0) is 34.2. The van der Waals surface area contributed by atoms with E-state index < -0.39 is 17.1 Å². The summed E-state index contributed by atoms with van der Waals surface area (Å²) in [6, 6.07) is 38.3. The predicted octanol–water partition coefficient (Wildman–Crippen LogP) is 8.43. The summed E-state index contributed by atoms with van der Waals surface area (Å²) in [5.74, 6) is 0.720. The molecule has 0 aliphatic carbocycles. The van der Waals surface area contributed by atoms with E-state index in [1.807, 2.05) is 85.8 Å². The lowest BCUT2D eigenvalue weighted by atomic mass is 10.1. The van der Waals surface area contributed by atoms with Gasteiger partial charge in [0.1, 0.15) is 28.2 Å². The lowest BCUT2D eigenvalue weighted by molar-refractivity contribution is -0.116. The van der Waals surface area contributed by atoms with E-state index in [4.69, 9.17) is 8.94 Å². The van der Waals surface area contributed by atoms with Crippen molar-refractivity contribution in [3.05, 3.63) is 161 Å². The molecule has 6 rings (SSSR count). The van der Waals surface area contributed by atoms with E-state index in [9.17, 15) is 14.4 Å². The van der Waals surface area contributed by atoms with Crippen LogP contribution in [0.5, 0.6) is 0 Å². The second-order valence-electron chi connectivity index (χ2n) is 11.1. The number of hydrogen-bond donors (Lipinski definition) is 3. The van der Waals surface area contributed by atoms with E-state index in [0.717, 1.165) is 21.6 Å². The van der Waals surface area contributed by atoms with E-state index >= 15 is 0 Å². The van der Waals surface area contributed by atoms with Gasteiger partial charge in [0.15, 0.2) is 5.82 Å². The smallest absolute Gasteiger partial charge is 0.272 e. The number of aromatic nitrogens is 1. The van der Waals surface area contributed by atoms with Crippen LogP contribution in [-0.2, 0) is 9.59 Å². The largest absolute Gasteiger partial charge is 0.457 e. The average molecular weight is 669 g/mol. The SMILES string of the molecule is Cc1ccc(-c2ccc(C=C(NC(=O)c3ccccc3)C(=O)Nc3ccc(SC(C(=O)Nc4cc(C)on4)c4ccccc4)cc3)o2)cc1. The van der Waals surface area contributed by atoms with Gasteiger partial charge in [-0.3, -0.25) is 14.4 Å². The molecule has 0 bridgehead atoms. The van der Waals surface area contributed by atoms with E-state index in [0.29, 0.717) is 34.3 Å². The van der Waals surface area contributed by atoms with Gasteiger partial charge in [-0.1, -0.05) is 83.5 Å². The molecule has 0 aliphatic heterocycles. The zero-order valence-electron chi connectivity index (χ0n) is 26.7. The Bertz CT molecular complexity index is 2090. The van der Waals surface area contributed by atoms with Crippen molar-refractivity contribution in [2.45, 2.75) is 24.0 Å². The first-order chi connectivity index (χ1) is 23.8. The molecule has 6 aromatic rings. The van der Waals surface area contributed by atoms with Gasteiger partial charge in [0.2, 0.25) is 5.91 Å². The van der Waals surface area contributed by atoms with E-state index in [1.165, 1.54) is 17.8 Å². The number of carbonyl (C=O) groups excluding carboxylic acids is 3. The Hall–Kier alpha value is -6.13. The third-order valence-corrected chi connectivity index (χ3v) is 8.63. The van der Waals surface area contributed by atoms with Crippen molar-refractivity contribution in [2.75, 3.05) is 10.6 Å². The van der Waals surface area contributed by atoms with Crippen molar-refractivity contribution >= 4 is 47.1 Å². The van der Waals surface area contributed by atoms with Crippen molar-refractivity contribution in [1.29, 1.82) is 0 Å². The second-order valence-corrected chi connectivity index (χ2v) is 12.3. The van der Waals surface area contributed by atoms with Crippen LogP contribution in [0, 0.1) is 13.8 Å². The summed E-state index contributed by atoms with van der Waals surface area (Å²) in [4.78, 5) is 40.8. The van der Waals surface area contributed by atoms with Crippen LogP contribution in [0.3, 0.4) is 0 Å². The lowest BCUT2D eigenvalue weighted by Crippen LogP contribution is -2.30. The number of aryl methyl sites for hydroxylation is 2. The minimum Gasteiger partial charge on any atom is -0.457 e. The Morgan fingerprint density at radius 1 is 0.776 bits per heavy atom. The Kier molecular flexibility index (Phi) is 10.2. The molecule has 244 valence electrons. The summed E-state index contributed by atoms with van der Waals surface area (Å²) in [6.07, 6.45) is 1.50. The van der Waals surface area contributed by atoms with Crippen LogP contribution in [0.4, 0.5) is 11.5 Å². The number of thioether (sulfide) groups is 1. The number of rotatable bonds is 11. The van der Waals surface area contributed by atoms with Gasteiger partial charge >= 0.3 is 0 Å². The number of furan rings is 1. The molecule has 9 nitrogen and oxygen atoms in total. The topological polar surface area (TPSA) is 126 Å². The summed E-state index contributed by atoms with van der Waals surface area (Å²) in [7, 11) is 0. The number of benzene rings is 4. The molecular weight excluding hydrogens is 637 g/mol. The van der Waals surface area contributed by atoms with Crippen LogP contribution in [0.1, 0.15) is 38.3 Å². The highest BCUT2D eigenvalue weighted by molar-refractivity contribution is 8.00. The van der Waals surface area contributed by atoms with Gasteiger partial charge < -0.3 is 24.9 Å². The van der Waals surface area contributed by atoms with Gasteiger partial charge in [-0.2, -0.15) is 0 Å². The van der Waals surface area contributed by atoms with Crippen molar-refractivity contribution < 1.29 is 23.3 Å². The zero-order valence-corrected chi connectivity index (χ0v) is 27.5. The molecule has 1 unspecified atom stereocenters. The number of carbonyl (C=O) groups is 3. The summed E-state index contributed by atoms with van der Waals surface area (Å²) >= 11 is 1.35. The van der Waals surface area contributed by atoms with Gasteiger partial charge in [-0.05, 0) is 67.9 Å². The molecule has 10 heteroatoms. The van der Waals surface area contributed by atoms with Gasteiger partial charge in [-0.15, -0.1) is 11.8 Å². The maximum Gasteiger partial charge on any atom is 0.272 e. The highest BCUT2D eigenvalue weighted by Gasteiger charge is 2.23. The summed E-state index contributed by atoms with van der Waals surface area (Å²) < 4.78 is 11.1. The Morgan fingerprint density at radius 3 is 2.14 bits per heavy atom. The van der Waals surface area contributed by atoms with Gasteiger partial charge in [0.05, 0.1) is 0 Å². The fraction of sp³-hybridized carbons (Fsp3) is 0.0769. The minimum absolute atomic E-state index is 0.000941. The molecule has 0 radical (unpaired) electrons. The summed E-state index contributed by atoms with van der Waals surface area (Å²) in [6.45, 7) is 3.76. The fourth-order valence-corrected chi connectivity index (χ4v) is 5.88. The molecule has 49 heavy (non-hydrogen) atoms. The molecule has 0 fully saturated rings. The van der Waals surface area contributed by atoms with E-state index in [-0.39, 0.29) is 11.6 Å². The quantitative estimate of drug-likeness (QED) is 0.0934. The highest BCUT2D eigenvalue weighted by atomic mass is 32.2. The van der Waals surface area contributed by atoms with E-state index in [1.54, 1.807) is 55.5 Å². The monoisotopic (exact) mass is 668 g/mol. The van der Waals surface area contributed by atoms with Crippen LogP contribution in [-0.4, -0.2) is 22.9 Å². The molecule has 3 N–H and O–H groups in total.